The molecule has 1 aliphatic rings. The van der Waals surface area contributed by atoms with Crippen LogP contribution in [0.3, 0.4) is 0 Å². The van der Waals surface area contributed by atoms with Crippen molar-refractivity contribution in [2.75, 3.05) is 13.1 Å². The number of benzene rings is 1. The summed E-state index contributed by atoms with van der Waals surface area (Å²) in [5, 5.41) is 9.06. The van der Waals surface area contributed by atoms with Crippen molar-refractivity contribution in [3.63, 3.8) is 0 Å². The number of amides is 1. The van der Waals surface area contributed by atoms with E-state index in [2.05, 4.69) is 23.2 Å². The van der Waals surface area contributed by atoms with E-state index < -0.39 is 6.09 Å². The molecule has 0 bridgehead atoms. The number of rotatable bonds is 1. The molecule has 0 saturated carbocycles. The van der Waals surface area contributed by atoms with Gasteiger partial charge in [0.25, 0.3) is 0 Å². The largest absolute Gasteiger partial charge is 0.465 e. The normalized spacial score (nSPS) is 20.2. The van der Waals surface area contributed by atoms with Crippen LogP contribution in [0.2, 0.25) is 0 Å². The number of nitrogens with zero attached hydrogens (tertiary/aromatic N) is 2. The van der Waals surface area contributed by atoms with Gasteiger partial charge in [0.15, 0.2) is 0 Å². The summed E-state index contributed by atoms with van der Waals surface area (Å²) in [6, 6.07) is 6.29. The lowest BCUT2D eigenvalue weighted by Gasteiger charge is -2.30. The molecule has 1 N–H and O–H groups in total. The van der Waals surface area contributed by atoms with Gasteiger partial charge in [0, 0.05) is 19.0 Å². The second kappa shape index (κ2) is 4.57. The maximum atomic E-state index is 11.0. The fourth-order valence-electron chi connectivity index (χ4n) is 2.55. The molecule has 1 fully saturated rings. The monoisotopic (exact) mass is 262 g/mol. The van der Waals surface area contributed by atoms with E-state index in [1.807, 2.05) is 5.51 Å². The zero-order valence-corrected chi connectivity index (χ0v) is 10.7. The maximum absolute atomic E-state index is 11.0. The van der Waals surface area contributed by atoms with E-state index >= 15 is 0 Å². The van der Waals surface area contributed by atoms with Gasteiger partial charge >= 0.3 is 6.09 Å². The van der Waals surface area contributed by atoms with Crippen LogP contribution in [0, 0.1) is 0 Å². The Morgan fingerprint density at radius 1 is 1.50 bits per heavy atom. The zero-order valence-electron chi connectivity index (χ0n) is 9.87. The summed E-state index contributed by atoms with van der Waals surface area (Å²) in [5.41, 5.74) is 4.07. The van der Waals surface area contributed by atoms with Gasteiger partial charge in [0.2, 0.25) is 0 Å². The summed E-state index contributed by atoms with van der Waals surface area (Å²) in [4.78, 5) is 16.8. The van der Waals surface area contributed by atoms with Crippen molar-refractivity contribution < 1.29 is 9.90 Å². The molecule has 0 aliphatic carbocycles. The number of carbonyl (C=O) groups is 1. The Kier molecular flexibility index (Phi) is 2.91. The molecule has 5 heteroatoms. The first-order chi connectivity index (χ1) is 8.74. The van der Waals surface area contributed by atoms with E-state index in [-0.39, 0.29) is 0 Å². The van der Waals surface area contributed by atoms with Crippen LogP contribution in [0.25, 0.3) is 10.2 Å². The molecule has 3 rings (SSSR count). The standard InChI is InChI=1S/C13H14N2O2S/c16-13(17)15-5-1-2-10(7-15)9-3-4-12-11(6-9)14-8-18-12/h3-4,6,8,10H,1-2,5,7H2,(H,16,17). The highest BCUT2D eigenvalue weighted by atomic mass is 32.1. The lowest BCUT2D eigenvalue weighted by atomic mass is 9.91. The smallest absolute Gasteiger partial charge is 0.407 e. The number of carboxylic acid groups (broad SMARTS) is 1. The fraction of sp³-hybridized carbons (Fsp3) is 0.385. The van der Waals surface area contributed by atoms with Crippen molar-refractivity contribution in [3.05, 3.63) is 29.3 Å². The lowest BCUT2D eigenvalue weighted by Crippen LogP contribution is -2.38. The van der Waals surface area contributed by atoms with Crippen LogP contribution in [0.15, 0.2) is 23.7 Å². The lowest BCUT2D eigenvalue weighted by molar-refractivity contribution is 0.130. The van der Waals surface area contributed by atoms with Crippen molar-refractivity contribution in [1.29, 1.82) is 0 Å². The van der Waals surface area contributed by atoms with Gasteiger partial charge < -0.3 is 10.0 Å². The molecule has 1 unspecified atom stereocenters. The number of aromatic nitrogens is 1. The molecule has 1 aliphatic heterocycles. The summed E-state index contributed by atoms with van der Waals surface area (Å²) in [6.45, 7) is 1.26. The molecule has 4 nitrogen and oxygen atoms in total. The van der Waals surface area contributed by atoms with E-state index in [0.717, 1.165) is 18.4 Å². The van der Waals surface area contributed by atoms with Crippen LogP contribution in [-0.4, -0.2) is 34.2 Å². The molecule has 1 amide bonds. The van der Waals surface area contributed by atoms with Crippen molar-refractivity contribution in [1.82, 2.24) is 9.88 Å². The van der Waals surface area contributed by atoms with Gasteiger partial charge in [0.1, 0.15) is 0 Å². The maximum Gasteiger partial charge on any atom is 0.407 e. The first kappa shape index (κ1) is 11.5. The van der Waals surface area contributed by atoms with E-state index in [0.29, 0.717) is 19.0 Å². The topological polar surface area (TPSA) is 53.4 Å². The highest BCUT2D eigenvalue weighted by Gasteiger charge is 2.24. The van der Waals surface area contributed by atoms with Crippen molar-refractivity contribution in [2.24, 2.45) is 0 Å². The first-order valence-corrected chi connectivity index (χ1v) is 6.93. The SMILES string of the molecule is O=C(O)N1CCCC(c2ccc3scnc3c2)C1. The van der Waals surface area contributed by atoms with Crippen LogP contribution < -0.4 is 0 Å². The third kappa shape index (κ3) is 2.06. The second-order valence-electron chi connectivity index (χ2n) is 4.65. The Bertz CT molecular complexity index is 581. The molecule has 0 spiro atoms. The fourth-order valence-corrected chi connectivity index (χ4v) is 3.21. The van der Waals surface area contributed by atoms with Gasteiger partial charge in [-0.25, -0.2) is 9.78 Å². The van der Waals surface area contributed by atoms with Gasteiger partial charge in [-0.2, -0.15) is 0 Å². The number of hydrogen-bond donors (Lipinski definition) is 1. The summed E-state index contributed by atoms with van der Waals surface area (Å²) in [6.07, 6.45) is 1.18. The molecule has 2 heterocycles. The molecule has 1 saturated heterocycles. The van der Waals surface area contributed by atoms with Crippen LogP contribution in [0.4, 0.5) is 4.79 Å². The van der Waals surface area contributed by atoms with E-state index in [1.165, 1.54) is 15.2 Å². The molecular formula is C13H14N2O2S. The highest BCUT2D eigenvalue weighted by Crippen LogP contribution is 2.29. The van der Waals surface area contributed by atoms with Crippen LogP contribution in [0.1, 0.15) is 24.3 Å². The summed E-state index contributed by atoms with van der Waals surface area (Å²) < 4.78 is 1.18. The number of fused-ring (bicyclic) bond motifs is 1. The van der Waals surface area contributed by atoms with Crippen LogP contribution in [0.5, 0.6) is 0 Å². The van der Waals surface area contributed by atoms with E-state index in [4.69, 9.17) is 5.11 Å². The Balaban J connectivity index is 1.86. The predicted molar refractivity (Wildman–Crippen MR) is 71.2 cm³/mol. The van der Waals surface area contributed by atoms with Gasteiger partial charge in [-0.05, 0) is 30.5 Å². The predicted octanol–water partition coefficient (Wildman–Crippen LogP) is 3.15. The van der Waals surface area contributed by atoms with Crippen LogP contribution >= 0.6 is 11.3 Å². The zero-order chi connectivity index (χ0) is 12.5. The Labute approximate surface area is 109 Å². The molecule has 18 heavy (non-hydrogen) atoms. The Morgan fingerprint density at radius 2 is 2.39 bits per heavy atom. The van der Waals surface area contributed by atoms with Gasteiger partial charge in [0.05, 0.1) is 15.7 Å². The van der Waals surface area contributed by atoms with Crippen molar-refractivity contribution >= 4 is 27.6 Å². The molecule has 94 valence electrons. The van der Waals surface area contributed by atoms with Gasteiger partial charge in [-0.15, -0.1) is 11.3 Å². The Morgan fingerprint density at radius 3 is 3.22 bits per heavy atom. The quantitative estimate of drug-likeness (QED) is 0.859. The average Bonchev–Trinajstić information content (AvgIpc) is 2.86. The third-order valence-electron chi connectivity index (χ3n) is 3.52. The molecule has 1 aromatic heterocycles. The molecule has 1 aromatic carbocycles. The van der Waals surface area contributed by atoms with Crippen LogP contribution in [-0.2, 0) is 0 Å². The minimum absolute atomic E-state index is 0.306. The average molecular weight is 262 g/mol. The second-order valence-corrected chi connectivity index (χ2v) is 5.53. The number of hydrogen-bond acceptors (Lipinski definition) is 3. The minimum atomic E-state index is -0.811. The van der Waals surface area contributed by atoms with Gasteiger partial charge in [-0.1, -0.05) is 6.07 Å². The number of thiazole rings is 1. The Hall–Kier alpha value is -1.62. The summed E-state index contributed by atoms with van der Waals surface area (Å²) in [5.74, 6) is 0.306. The van der Waals surface area contributed by atoms with E-state index in [1.54, 1.807) is 11.3 Å². The third-order valence-corrected chi connectivity index (χ3v) is 4.33. The van der Waals surface area contributed by atoms with Gasteiger partial charge in [-0.3, -0.25) is 0 Å². The number of piperidine rings is 1. The van der Waals surface area contributed by atoms with E-state index in [9.17, 15) is 4.79 Å². The first-order valence-electron chi connectivity index (χ1n) is 6.05. The summed E-state index contributed by atoms with van der Waals surface area (Å²) >= 11 is 1.63. The molecule has 1 atom stereocenters. The molecule has 2 aromatic rings. The number of likely N-dealkylation sites (tertiary alicyclic amines) is 1. The van der Waals surface area contributed by atoms with Crippen molar-refractivity contribution in [3.8, 4) is 0 Å². The highest BCUT2D eigenvalue weighted by molar-refractivity contribution is 7.16. The summed E-state index contributed by atoms with van der Waals surface area (Å²) in [7, 11) is 0. The molecular weight excluding hydrogens is 248 g/mol. The van der Waals surface area contributed by atoms with Crippen molar-refractivity contribution in [2.45, 2.75) is 18.8 Å². The minimum Gasteiger partial charge on any atom is -0.465 e. The molecule has 0 radical (unpaired) electrons.